The van der Waals surface area contributed by atoms with Crippen molar-refractivity contribution in [3.05, 3.63) is 46.2 Å². The molecule has 1 heterocycles. The van der Waals surface area contributed by atoms with Crippen LogP contribution in [-0.2, 0) is 11.2 Å². The molecule has 25 heavy (non-hydrogen) atoms. The van der Waals surface area contributed by atoms with E-state index in [1.807, 2.05) is 13.0 Å². The standard InChI is InChI=1S/C18H24FN3OS.ClH/c1-13-16(12-14-8-5-6-9-15(14)19)24-18(21-13)22-17(23)10-4-2-3-7-11-20;/h5-6,8-9H,2-4,7,10-12,20H2,1H3,(H,21,22,23);1H. The molecule has 138 valence electrons. The van der Waals surface area contributed by atoms with Gasteiger partial charge in [-0.15, -0.1) is 23.7 Å². The average molecular weight is 386 g/mol. The summed E-state index contributed by atoms with van der Waals surface area (Å²) in [4.78, 5) is 17.3. The van der Waals surface area contributed by atoms with Crippen LogP contribution < -0.4 is 11.1 Å². The van der Waals surface area contributed by atoms with Gasteiger partial charge < -0.3 is 11.1 Å². The number of carbonyl (C=O) groups is 1. The van der Waals surface area contributed by atoms with Gasteiger partial charge in [0.1, 0.15) is 5.82 Å². The molecule has 0 atom stereocenters. The number of nitrogens with one attached hydrogen (secondary N) is 1. The molecule has 1 aromatic heterocycles. The van der Waals surface area contributed by atoms with E-state index in [0.29, 0.717) is 30.1 Å². The fraction of sp³-hybridized carbons (Fsp3) is 0.444. The molecule has 1 amide bonds. The summed E-state index contributed by atoms with van der Waals surface area (Å²) in [5.41, 5.74) is 6.92. The number of thiazole rings is 1. The van der Waals surface area contributed by atoms with Crippen molar-refractivity contribution in [2.75, 3.05) is 11.9 Å². The zero-order valence-electron chi connectivity index (χ0n) is 14.4. The number of hydrogen-bond acceptors (Lipinski definition) is 4. The van der Waals surface area contributed by atoms with E-state index < -0.39 is 0 Å². The van der Waals surface area contributed by atoms with E-state index in [2.05, 4.69) is 10.3 Å². The van der Waals surface area contributed by atoms with E-state index in [-0.39, 0.29) is 24.1 Å². The minimum atomic E-state index is -0.214. The first-order valence-corrected chi connectivity index (χ1v) is 9.11. The van der Waals surface area contributed by atoms with Crippen molar-refractivity contribution in [1.29, 1.82) is 0 Å². The smallest absolute Gasteiger partial charge is 0.226 e. The zero-order chi connectivity index (χ0) is 17.4. The molecule has 1 aromatic carbocycles. The molecule has 0 fully saturated rings. The highest BCUT2D eigenvalue weighted by Gasteiger charge is 2.12. The number of aryl methyl sites for hydroxylation is 1. The normalized spacial score (nSPS) is 10.4. The lowest BCUT2D eigenvalue weighted by Gasteiger charge is -2.02. The third-order valence-corrected chi connectivity index (χ3v) is 4.88. The molecule has 0 aliphatic carbocycles. The van der Waals surface area contributed by atoms with Gasteiger partial charge in [-0.1, -0.05) is 31.0 Å². The summed E-state index contributed by atoms with van der Waals surface area (Å²) >= 11 is 1.41. The summed E-state index contributed by atoms with van der Waals surface area (Å²) in [6, 6.07) is 6.73. The Morgan fingerprint density at radius 2 is 1.96 bits per heavy atom. The molecule has 0 saturated carbocycles. The van der Waals surface area contributed by atoms with E-state index in [4.69, 9.17) is 5.73 Å². The highest BCUT2D eigenvalue weighted by Crippen LogP contribution is 2.26. The summed E-state index contributed by atoms with van der Waals surface area (Å²) in [6.45, 7) is 2.59. The number of anilines is 1. The molecule has 7 heteroatoms. The van der Waals surface area contributed by atoms with Crippen LogP contribution in [-0.4, -0.2) is 17.4 Å². The van der Waals surface area contributed by atoms with Gasteiger partial charge in [-0.05, 0) is 37.9 Å². The SMILES string of the molecule is Cc1nc(NC(=O)CCCCCCN)sc1Cc1ccccc1F.Cl. The molecule has 0 unspecified atom stereocenters. The fourth-order valence-electron chi connectivity index (χ4n) is 2.43. The minimum absolute atomic E-state index is 0. The highest BCUT2D eigenvalue weighted by atomic mass is 35.5. The topological polar surface area (TPSA) is 68.0 Å². The van der Waals surface area contributed by atoms with Gasteiger partial charge in [-0.2, -0.15) is 0 Å². The van der Waals surface area contributed by atoms with Gasteiger partial charge >= 0.3 is 0 Å². The predicted molar refractivity (Wildman–Crippen MR) is 104 cm³/mol. The fourth-order valence-corrected chi connectivity index (χ4v) is 3.43. The van der Waals surface area contributed by atoms with E-state index in [9.17, 15) is 9.18 Å². The Morgan fingerprint density at radius 3 is 2.68 bits per heavy atom. The van der Waals surface area contributed by atoms with E-state index in [1.54, 1.807) is 12.1 Å². The van der Waals surface area contributed by atoms with Crippen LogP contribution in [0.15, 0.2) is 24.3 Å². The van der Waals surface area contributed by atoms with Crippen molar-refractivity contribution in [1.82, 2.24) is 4.98 Å². The van der Waals surface area contributed by atoms with Gasteiger partial charge in [0.2, 0.25) is 5.91 Å². The number of aromatic nitrogens is 1. The number of carbonyl (C=O) groups excluding carboxylic acids is 1. The summed E-state index contributed by atoms with van der Waals surface area (Å²) in [6.07, 6.45) is 4.93. The summed E-state index contributed by atoms with van der Waals surface area (Å²) in [5.74, 6) is -0.234. The Hall–Kier alpha value is -1.50. The minimum Gasteiger partial charge on any atom is -0.330 e. The Morgan fingerprint density at radius 1 is 1.24 bits per heavy atom. The lowest BCUT2D eigenvalue weighted by Crippen LogP contribution is -2.10. The number of rotatable bonds is 9. The van der Waals surface area contributed by atoms with E-state index >= 15 is 0 Å². The monoisotopic (exact) mass is 385 g/mol. The molecule has 0 aliphatic heterocycles. The number of hydrogen-bond donors (Lipinski definition) is 2. The Labute approximate surface area is 158 Å². The molecule has 4 nitrogen and oxygen atoms in total. The first kappa shape index (κ1) is 21.5. The van der Waals surface area contributed by atoms with Crippen molar-refractivity contribution in [2.24, 2.45) is 5.73 Å². The molecule has 3 N–H and O–H groups in total. The maximum Gasteiger partial charge on any atom is 0.226 e. The number of nitrogens with two attached hydrogens (primary N) is 1. The third kappa shape index (κ3) is 7.10. The molecular formula is C18H25ClFN3OS. The largest absolute Gasteiger partial charge is 0.330 e. The Kier molecular flexibility index (Phi) is 9.63. The Balaban J connectivity index is 0.00000312. The Bertz CT molecular complexity index is 678. The van der Waals surface area contributed by atoms with E-state index in [0.717, 1.165) is 36.3 Å². The van der Waals surface area contributed by atoms with Crippen LogP contribution in [0.2, 0.25) is 0 Å². The van der Waals surface area contributed by atoms with Gasteiger partial charge in [0.15, 0.2) is 5.13 Å². The molecule has 2 rings (SSSR count). The molecule has 0 saturated heterocycles. The number of halogens is 2. The summed E-state index contributed by atoms with van der Waals surface area (Å²) < 4.78 is 13.8. The second kappa shape index (κ2) is 11.2. The second-order valence-corrected chi connectivity index (χ2v) is 6.88. The second-order valence-electron chi connectivity index (χ2n) is 5.80. The van der Waals surface area contributed by atoms with Crippen molar-refractivity contribution < 1.29 is 9.18 Å². The third-order valence-electron chi connectivity index (χ3n) is 3.81. The van der Waals surface area contributed by atoms with Gasteiger partial charge in [-0.25, -0.2) is 9.37 Å². The first-order valence-electron chi connectivity index (χ1n) is 8.29. The maximum atomic E-state index is 13.8. The predicted octanol–water partition coefficient (Wildman–Crippen LogP) is 4.45. The van der Waals surface area contributed by atoms with Crippen molar-refractivity contribution in [3.8, 4) is 0 Å². The molecule has 2 aromatic rings. The van der Waals surface area contributed by atoms with E-state index in [1.165, 1.54) is 17.4 Å². The average Bonchev–Trinajstić information content (AvgIpc) is 2.89. The molecule has 0 aliphatic rings. The first-order chi connectivity index (χ1) is 11.6. The van der Waals surface area contributed by atoms with Gasteiger partial charge in [0.05, 0.1) is 5.69 Å². The summed E-state index contributed by atoms with van der Waals surface area (Å²) in [5, 5.41) is 3.43. The van der Waals surface area contributed by atoms with Gasteiger partial charge in [0.25, 0.3) is 0 Å². The number of nitrogens with zero attached hydrogens (tertiary/aromatic N) is 1. The van der Waals surface area contributed by atoms with Crippen LogP contribution in [0.3, 0.4) is 0 Å². The lowest BCUT2D eigenvalue weighted by molar-refractivity contribution is -0.116. The number of unbranched alkanes of at least 4 members (excludes halogenated alkanes) is 3. The van der Waals surface area contributed by atoms with Crippen LogP contribution in [0, 0.1) is 12.7 Å². The molecule has 0 bridgehead atoms. The zero-order valence-corrected chi connectivity index (χ0v) is 16.0. The highest BCUT2D eigenvalue weighted by molar-refractivity contribution is 7.15. The molecular weight excluding hydrogens is 361 g/mol. The molecule has 0 spiro atoms. The summed E-state index contributed by atoms with van der Waals surface area (Å²) in [7, 11) is 0. The van der Waals surface area contributed by atoms with Crippen LogP contribution >= 0.6 is 23.7 Å². The van der Waals surface area contributed by atoms with Crippen LogP contribution in [0.25, 0.3) is 0 Å². The maximum absolute atomic E-state index is 13.8. The van der Waals surface area contributed by atoms with Crippen molar-refractivity contribution in [2.45, 2.75) is 45.4 Å². The molecule has 0 radical (unpaired) electrons. The van der Waals surface area contributed by atoms with Gasteiger partial charge in [-0.3, -0.25) is 4.79 Å². The van der Waals surface area contributed by atoms with Crippen molar-refractivity contribution in [3.63, 3.8) is 0 Å². The van der Waals surface area contributed by atoms with Crippen LogP contribution in [0.5, 0.6) is 0 Å². The van der Waals surface area contributed by atoms with Crippen LogP contribution in [0.1, 0.15) is 48.2 Å². The number of amides is 1. The van der Waals surface area contributed by atoms with Crippen LogP contribution in [0.4, 0.5) is 9.52 Å². The quantitative estimate of drug-likeness (QED) is 0.626. The lowest BCUT2D eigenvalue weighted by atomic mass is 10.1. The van der Waals surface area contributed by atoms with Gasteiger partial charge in [0, 0.05) is 17.7 Å². The number of benzene rings is 1. The van der Waals surface area contributed by atoms with Crippen molar-refractivity contribution >= 4 is 34.8 Å².